The highest BCUT2D eigenvalue weighted by atomic mass is 35.5. The number of hydrogen-bond acceptors (Lipinski definition) is 2. The first-order valence-electron chi connectivity index (χ1n) is 6.35. The second kappa shape index (κ2) is 6.19. The van der Waals surface area contributed by atoms with Crippen LogP contribution in [0.3, 0.4) is 0 Å². The van der Waals surface area contributed by atoms with Crippen molar-refractivity contribution < 1.29 is 4.79 Å². The summed E-state index contributed by atoms with van der Waals surface area (Å²) in [6.45, 7) is 10.7. The van der Waals surface area contributed by atoms with E-state index in [1.54, 1.807) is 6.07 Å². The molecule has 0 saturated heterocycles. The van der Waals surface area contributed by atoms with Gasteiger partial charge in [0, 0.05) is 23.8 Å². The second-order valence-corrected chi connectivity index (χ2v) is 5.33. The molecule has 0 aromatic carbocycles. The number of carbonyl (C=O) groups excluding carboxylic acids is 1. The first kappa shape index (κ1) is 15.0. The van der Waals surface area contributed by atoms with Gasteiger partial charge in [0.1, 0.15) is 5.15 Å². The van der Waals surface area contributed by atoms with Crippen molar-refractivity contribution in [3.8, 4) is 0 Å². The van der Waals surface area contributed by atoms with Crippen LogP contribution < -0.4 is 0 Å². The molecule has 0 aliphatic carbocycles. The Kier molecular flexibility index (Phi) is 5.15. The van der Waals surface area contributed by atoms with Gasteiger partial charge in [0.15, 0.2) is 0 Å². The van der Waals surface area contributed by atoms with Gasteiger partial charge in [-0.15, -0.1) is 0 Å². The highest BCUT2D eigenvalue weighted by molar-refractivity contribution is 6.29. The minimum atomic E-state index is 0.0127. The van der Waals surface area contributed by atoms with Crippen molar-refractivity contribution in [3.05, 3.63) is 28.5 Å². The summed E-state index contributed by atoms with van der Waals surface area (Å²) in [4.78, 5) is 18.4. The predicted octanol–water partition coefficient (Wildman–Crippen LogP) is 3.73. The molecule has 4 heteroatoms. The number of pyridine rings is 1. The maximum absolute atomic E-state index is 12.4. The lowest BCUT2D eigenvalue weighted by Crippen LogP contribution is -2.36. The van der Waals surface area contributed by atoms with Gasteiger partial charge >= 0.3 is 0 Å². The van der Waals surface area contributed by atoms with Crippen LogP contribution in [0.25, 0.3) is 0 Å². The van der Waals surface area contributed by atoms with Crippen LogP contribution in [0.1, 0.15) is 56.6 Å². The molecule has 0 aliphatic rings. The minimum Gasteiger partial charge on any atom is -0.336 e. The fraction of sp³-hybridized carbons (Fsp3) is 0.571. The van der Waals surface area contributed by atoms with Crippen molar-refractivity contribution in [2.75, 3.05) is 6.54 Å². The molecule has 1 amide bonds. The minimum absolute atomic E-state index is 0.0127. The van der Waals surface area contributed by atoms with Gasteiger partial charge in [-0.1, -0.05) is 25.4 Å². The number of aromatic nitrogens is 1. The molecule has 100 valence electrons. The Morgan fingerprint density at radius 1 is 1.33 bits per heavy atom. The smallest absolute Gasteiger partial charge is 0.254 e. The molecule has 1 aromatic rings. The highest BCUT2D eigenvalue weighted by Gasteiger charge is 2.18. The van der Waals surface area contributed by atoms with Crippen LogP contribution in [0.4, 0.5) is 0 Å². The van der Waals surface area contributed by atoms with Crippen LogP contribution in [0.2, 0.25) is 5.15 Å². The summed E-state index contributed by atoms with van der Waals surface area (Å²) in [5, 5.41) is 0.379. The maximum Gasteiger partial charge on any atom is 0.254 e. The van der Waals surface area contributed by atoms with Crippen molar-refractivity contribution in [1.82, 2.24) is 9.88 Å². The number of halogens is 1. The molecule has 18 heavy (non-hydrogen) atoms. The molecule has 0 spiro atoms. The van der Waals surface area contributed by atoms with Gasteiger partial charge < -0.3 is 4.90 Å². The average molecular weight is 269 g/mol. The standard InChI is InChI=1S/C14H21ClN2O/c1-6-17(10(4)5)14(18)11-7-12(9(2)3)16-13(15)8-11/h7-10H,6H2,1-5H3. The molecule has 0 unspecified atom stereocenters. The molecule has 0 saturated carbocycles. The summed E-state index contributed by atoms with van der Waals surface area (Å²) in [6, 6.07) is 3.65. The molecule has 0 aliphatic heterocycles. The van der Waals surface area contributed by atoms with Gasteiger partial charge in [-0.25, -0.2) is 4.98 Å². The lowest BCUT2D eigenvalue weighted by Gasteiger charge is -2.25. The predicted molar refractivity (Wildman–Crippen MR) is 75.2 cm³/mol. The fourth-order valence-corrected chi connectivity index (χ4v) is 2.06. The van der Waals surface area contributed by atoms with Crippen LogP contribution in [0.15, 0.2) is 12.1 Å². The molecule has 3 nitrogen and oxygen atoms in total. The lowest BCUT2D eigenvalue weighted by atomic mass is 10.1. The van der Waals surface area contributed by atoms with Crippen molar-refractivity contribution in [3.63, 3.8) is 0 Å². The zero-order valence-corrected chi connectivity index (χ0v) is 12.5. The summed E-state index contributed by atoms with van der Waals surface area (Å²) in [6.07, 6.45) is 0. The van der Waals surface area contributed by atoms with Crippen LogP contribution in [0.5, 0.6) is 0 Å². The average Bonchev–Trinajstić information content (AvgIpc) is 2.28. The summed E-state index contributed by atoms with van der Waals surface area (Å²) in [7, 11) is 0. The molecule has 1 heterocycles. The molecular weight excluding hydrogens is 248 g/mol. The Morgan fingerprint density at radius 2 is 1.94 bits per heavy atom. The second-order valence-electron chi connectivity index (χ2n) is 4.94. The third-order valence-corrected chi connectivity index (χ3v) is 3.07. The molecule has 0 radical (unpaired) electrons. The van der Waals surface area contributed by atoms with E-state index in [2.05, 4.69) is 4.98 Å². The number of amides is 1. The monoisotopic (exact) mass is 268 g/mol. The van der Waals surface area contributed by atoms with E-state index in [-0.39, 0.29) is 17.9 Å². The third kappa shape index (κ3) is 3.45. The van der Waals surface area contributed by atoms with Crippen LogP contribution in [-0.2, 0) is 0 Å². The fourth-order valence-electron chi connectivity index (χ4n) is 1.85. The van der Waals surface area contributed by atoms with Gasteiger partial charge in [0.25, 0.3) is 5.91 Å². The van der Waals surface area contributed by atoms with E-state index in [0.717, 1.165) is 5.69 Å². The van der Waals surface area contributed by atoms with Crippen LogP contribution in [-0.4, -0.2) is 28.4 Å². The number of carbonyl (C=O) groups is 1. The Hall–Kier alpha value is -1.09. The molecular formula is C14H21ClN2O. The number of nitrogens with zero attached hydrogens (tertiary/aromatic N) is 2. The molecule has 0 fully saturated rings. The SMILES string of the molecule is CCN(C(=O)c1cc(Cl)nc(C(C)C)c1)C(C)C. The number of hydrogen-bond donors (Lipinski definition) is 0. The van der Waals surface area contributed by atoms with Crippen molar-refractivity contribution in [1.29, 1.82) is 0 Å². The Balaban J connectivity index is 3.12. The summed E-state index contributed by atoms with van der Waals surface area (Å²) in [5.41, 5.74) is 1.47. The van der Waals surface area contributed by atoms with E-state index in [1.165, 1.54) is 0 Å². The molecule has 1 rings (SSSR count). The lowest BCUT2D eigenvalue weighted by molar-refractivity contribution is 0.0716. The summed E-state index contributed by atoms with van der Waals surface area (Å²) >= 11 is 5.98. The number of rotatable bonds is 4. The molecule has 0 atom stereocenters. The van der Waals surface area contributed by atoms with Gasteiger partial charge in [-0.2, -0.15) is 0 Å². The van der Waals surface area contributed by atoms with Crippen molar-refractivity contribution in [2.45, 2.75) is 46.6 Å². The summed E-state index contributed by atoms with van der Waals surface area (Å²) in [5.74, 6) is 0.267. The molecule has 1 aromatic heterocycles. The summed E-state index contributed by atoms with van der Waals surface area (Å²) < 4.78 is 0. The van der Waals surface area contributed by atoms with Crippen LogP contribution in [0, 0.1) is 0 Å². The Morgan fingerprint density at radius 3 is 2.39 bits per heavy atom. The van der Waals surface area contributed by atoms with E-state index in [9.17, 15) is 4.79 Å². The molecule has 0 bridgehead atoms. The zero-order chi connectivity index (χ0) is 13.9. The topological polar surface area (TPSA) is 33.2 Å². The van der Waals surface area contributed by atoms with E-state index >= 15 is 0 Å². The first-order chi connectivity index (χ1) is 8.36. The largest absolute Gasteiger partial charge is 0.336 e. The van der Waals surface area contributed by atoms with E-state index in [0.29, 0.717) is 17.3 Å². The van der Waals surface area contributed by atoms with E-state index < -0.39 is 0 Å². The Labute approximate surface area is 114 Å². The third-order valence-electron chi connectivity index (χ3n) is 2.88. The normalized spacial score (nSPS) is 11.1. The van der Waals surface area contributed by atoms with Gasteiger partial charge in [0.2, 0.25) is 0 Å². The zero-order valence-electron chi connectivity index (χ0n) is 11.7. The van der Waals surface area contributed by atoms with Gasteiger partial charge in [0.05, 0.1) is 0 Å². The van der Waals surface area contributed by atoms with Crippen molar-refractivity contribution in [2.24, 2.45) is 0 Å². The Bertz CT molecular complexity index is 430. The van der Waals surface area contributed by atoms with Gasteiger partial charge in [-0.3, -0.25) is 4.79 Å². The van der Waals surface area contributed by atoms with Gasteiger partial charge in [-0.05, 0) is 38.8 Å². The van der Waals surface area contributed by atoms with E-state index in [1.807, 2.05) is 45.6 Å². The quantitative estimate of drug-likeness (QED) is 0.780. The van der Waals surface area contributed by atoms with Crippen molar-refractivity contribution >= 4 is 17.5 Å². The molecule has 0 N–H and O–H groups in total. The highest BCUT2D eigenvalue weighted by Crippen LogP contribution is 2.19. The first-order valence-corrected chi connectivity index (χ1v) is 6.73. The maximum atomic E-state index is 12.4. The van der Waals surface area contributed by atoms with E-state index in [4.69, 9.17) is 11.6 Å². The van der Waals surface area contributed by atoms with Crippen LogP contribution >= 0.6 is 11.6 Å².